The van der Waals surface area contributed by atoms with E-state index >= 15 is 0 Å². The number of nitrogens with zero attached hydrogens (tertiary/aromatic N) is 4. The molecule has 0 radical (unpaired) electrons. The molecule has 0 aliphatic carbocycles. The monoisotopic (exact) mass is 356 g/mol. The second kappa shape index (κ2) is 8.60. The third kappa shape index (κ3) is 4.41. The van der Waals surface area contributed by atoms with Crippen LogP contribution in [0.3, 0.4) is 0 Å². The fourth-order valence-corrected chi connectivity index (χ4v) is 3.44. The van der Waals surface area contributed by atoms with Gasteiger partial charge in [-0.2, -0.15) is 0 Å². The number of aromatic nitrogens is 2. The van der Waals surface area contributed by atoms with Crippen molar-refractivity contribution in [2.75, 3.05) is 37.6 Å². The van der Waals surface area contributed by atoms with E-state index in [0.717, 1.165) is 38.7 Å². The highest BCUT2D eigenvalue weighted by molar-refractivity contribution is 5.79. The predicted octanol–water partition coefficient (Wildman–Crippen LogP) is 3.73. The summed E-state index contributed by atoms with van der Waals surface area (Å²) in [4.78, 5) is 13.5. The highest BCUT2D eigenvalue weighted by Crippen LogP contribution is 2.23. The molecule has 4 rings (SSSR count). The van der Waals surface area contributed by atoms with Crippen LogP contribution in [-0.2, 0) is 0 Å². The summed E-state index contributed by atoms with van der Waals surface area (Å²) in [7, 11) is 0. The van der Waals surface area contributed by atoms with Crippen LogP contribution < -0.4 is 4.90 Å². The topological polar surface area (TPSA) is 32.3 Å². The summed E-state index contributed by atoms with van der Waals surface area (Å²) in [6.45, 7) is 4.91. The summed E-state index contributed by atoms with van der Waals surface area (Å²) in [5.74, 6) is 0.835. The predicted molar refractivity (Wildman–Crippen MR) is 111 cm³/mol. The number of piperazine rings is 1. The van der Waals surface area contributed by atoms with Gasteiger partial charge < -0.3 is 4.90 Å². The molecule has 2 heterocycles. The average Bonchev–Trinajstić information content (AvgIpc) is 2.76. The molecule has 2 aromatic carbocycles. The first kappa shape index (κ1) is 17.4. The Morgan fingerprint density at radius 3 is 1.85 bits per heavy atom. The Balaban J connectivity index is 1.45. The normalized spacial score (nSPS) is 14.7. The molecule has 1 aromatic heterocycles. The van der Waals surface area contributed by atoms with E-state index in [1.807, 2.05) is 18.5 Å². The van der Waals surface area contributed by atoms with Gasteiger partial charge in [-0.15, -0.1) is 0 Å². The van der Waals surface area contributed by atoms with Gasteiger partial charge >= 0.3 is 0 Å². The Hall–Kier alpha value is -2.98. The maximum absolute atomic E-state index is 4.37. The van der Waals surface area contributed by atoms with Crippen LogP contribution in [0.1, 0.15) is 11.1 Å². The molecule has 0 saturated carbocycles. The summed E-state index contributed by atoms with van der Waals surface area (Å²) < 4.78 is 0. The molecule has 0 amide bonds. The fourth-order valence-electron chi connectivity index (χ4n) is 3.44. The van der Waals surface area contributed by atoms with Gasteiger partial charge in [-0.05, 0) is 22.8 Å². The van der Waals surface area contributed by atoms with Crippen LogP contribution in [-0.4, -0.2) is 47.6 Å². The van der Waals surface area contributed by atoms with Crippen molar-refractivity contribution in [3.63, 3.8) is 0 Å². The smallest absolute Gasteiger partial charge is 0.225 e. The van der Waals surface area contributed by atoms with Crippen molar-refractivity contribution in [1.82, 2.24) is 14.9 Å². The van der Waals surface area contributed by atoms with Gasteiger partial charge in [-0.1, -0.05) is 66.7 Å². The molecule has 3 aromatic rings. The molecular weight excluding hydrogens is 332 g/mol. The van der Waals surface area contributed by atoms with Crippen LogP contribution in [0.4, 0.5) is 5.95 Å². The molecule has 4 heteroatoms. The first-order chi connectivity index (χ1) is 13.4. The minimum absolute atomic E-state index is 0.835. The minimum atomic E-state index is 0.835. The lowest BCUT2D eigenvalue weighted by molar-refractivity contribution is 0.283. The van der Waals surface area contributed by atoms with E-state index < -0.39 is 0 Å². The van der Waals surface area contributed by atoms with Gasteiger partial charge in [0.25, 0.3) is 0 Å². The lowest BCUT2D eigenvalue weighted by Gasteiger charge is -2.34. The van der Waals surface area contributed by atoms with Gasteiger partial charge in [0.05, 0.1) is 0 Å². The van der Waals surface area contributed by atoms with Crippen molar-refractivity contribution < 1.29 is 0 Å². The van der Waals surface area contributed by atoms with Crippen LogP contribution in [0.15, 0.2) is 85.2 Å². The van der Waals surface area contributed by atoms with E-state index in [0.29, 0.717) is 0 Å². The van der Waals surface area contributed by atoms with Crippen LogP contribution in [0, 0.1) is 0 Å². The first-order valence-electron chi connectivity index (χ1n) is 9.45. The second-order valence-electron chi connectivity index (χ2n) is 6.69. The quantitative estimate of drug-likeness (QED) is 0.697. The molecule has 0 unspecified atom stereocenters. The molecule has 1 aliphatic rings. The van der Waals surface area contributed by atoms with Gasteiger partial charge in [0.15, 0.2) is 0 Å². The second-order valence-corrected chi connectivity index (χ2v) is 6.69. The fraction of sp³-hybridized carbons (Fsp3) is 0.217. The highest BCUT2D eigenvalue weighted by atomic mass is 15.3. The van der Waals surface area contributed by atoms with Crippen LogP contribution in [0.2, 0.25) is 0 Å². The number of hydrogen-bond donors (Lipinski definition) is 0. The van der Waals surface area contributed by atoms with Gasteiger partial charge in [0.1, 0.15) is 0 Å². The van der Waals surface area contributed by atoms with Crippen molar-refractivity contribution >= 4 is 11.5 Å². The SMILES string of the molecule is C(CN1CCN(c2ncccn2)CC1)=C(c1ccccc1)c1ccccc1. The Kier molecular flexibility index (Phi) is 5.56. The molecule has 0 bridgehead atoms. The van der Waals surface area contributed by atoms with Crippen LogP contribution >= 0.6 is 0 Å². The van der Waals surface area contributed by atoms with Crippen molar-refractivity contribution in [1.29, 1.82) is 0 Å². The average molecular weight is 356 g/mol. The summed E-state index contributed by atoms with van der Waals surface area (Å²) in [6.07, 6.45) is 5.98. The molecule has 0 spiro atoms. The molecule has 4 nitrogen and oxygen atoms in total. The van der Waals surface area contributed by atoms with Crippen molar-refractivity contribution in [2.24, 2.45) is 0 Å². The lowest BCUT2D eigenvalue weighted by atomic mass is 9.97. The molecule has 136 valence electrons. The zero-order valence-electron chi connectivity index (χ0n) is 15.4. The van der Waals surface area contributed by atoms with E-state index in [-0.39, 0.29) is 0 Å². The van der Waals surface area contributed by atoms with E-state index in [4.69, 9.17) is 0 Å². The number of rotatable bonds is 5. The van der Waals surface area contributed by atoms with E-state index in [2.05, 4.69) is 86.5 Å². The van der Waals surface area contributed by atoms with E-state index in [1.165, 1.54) is 16.7 Å². The summed E-state index contributed by atoms with van der Waals surface area (Å²) >= 11 is 0. The Bertz CT molecular complexity index is 813. The Labute approximate surface area is 160 Å². The maximum atomic E-state index is 4.37. The molecular formula is C23H24N4. The van der Waals surface area contributed by atoms with Crippen LogP contribution in [0.5, 0.6) is 0 Å². The minimum Gasteiger partial charge on any atom is -0.338 e. The zero-order valence-corrected chi connectivity index (χ0v) is 15.4. The summed E-state index contributed by atoms with van der Waals surface area (Å²) in [5.41, 5.74) is 3.82. The molecule has 0 N–H and O–H groups in total. The van der Waals surface area contributed by atoms with Crippen LogP contribution in [0.25, 0.3) is 5.57 Å². The Morgan fingerprint density at radius 2 is 1.30 bits per heavy atom. The molecule has 1 aliphatic heterocycles. The van der Waals surface area contributed by atoms with Crippen molar-refractivity contribution in [3.05, 3.63) is 96.3 Å². The first-order valence-corrected chi connectivity index (χ1v) is 9.45. The van der Waals surface area contributed by atoms with Gasteiger partial charge in [0, 0.05) is 45.1 Å². The summed E-state index contributed by atoms with van der Waals surface area (Å²) in [6, 6.07) is 23.1. The van der Waals surface area contributed by atoms with Crippen molar-refractivity contribution in [3.8, 4) is 0 Å². The number of benzene rings is 2. The standard InChI is InChI=1S/C23H24N4/c1-3-8-20(9-4-1)22(21-10-5-2-6-11-21)12-15-26-16-18-27(19-17-26)23-24-13-7-14-25-23/h1-14H,15-19H2. The largest absolute Gasteiger partial charge is 0.338 e. The van der Waals surface area contributed by atoms with Crippen molar-refractivity contribution in [2.45, 2.75) is 0 Å². The van der Waals surface area contributed by atoms with Gasteiger partial charge in [0.2, 0.25) is 5.95 Å². The van der Waals surface area contributed by atoms with E-state index in [1.54, 1.807) is 0 Å². The molecule has 1 saturated heterocycles. The number of hydrogen-bond acceptors (Lipinski definition) is 4. The van der Waals surface area contributed by atoms with Gasteiger partial charge in [-0.3, -0.25) is 4.90 Å². The molecule has 0 atom stereocenters. The molecule has 27 heavy (non-hydrogen) atoms. The lowest BCUT2D eigenvalue weighted by Crippen LogP contribution is -2.47. The third-order valence-corrected chi connectivity index (χ3v) is 4.93. The third-order valence-electron chi connectivity index (χ3n) is 4.93. The Morgan fingerprint density at radius 1 is 0.741 bits per heavy atom. The number of anilines is 1. The maximum Gasteiger partial charge on any atom is 0.225 e. The van der Waals surface area contributed by atoms with E-state index in [9.17, 15) is 0 Å². The summed E-state index contributed by atoms with van der Waals surface area (Å²) in [5, 5.41) is 0. The zero-order chi connectivity index (χ0) is 18.3. The molecule has 1 fully saturated rings. The van der Waals surface area contributed by atoms with Gasteiger partial charge in [-0.25, -0.2) is 9.97 Å². The highest BCUT2D eigenvalue weighted by Gasteiger charge is 2.18.